The third-order valence-corrected chi connectivity index (χ3v) is 7.01. The van der Waals surface area contributed by atoms with Crippen LogP contribution in [0.25, 0.3) is 6.08 Å². The van der Waals surface area contributed by atoms with Crippen molar-refractivity contribution in [3.8, 4) is 11.8 Å². The fraction of sp³-hybridized carbons (Fsp3) is 0.130. The average molecular weight is 511 g/mol. The first-order chi connectivity index (χ1) is 16.7. The van der Waals surface area contributed by atoms with E-state index < -0.39 is 5.91 Å². The third-order valence-electron chi connectivity index (χ3n) is 4.14. The number of nitrogens with zero attached hydrogens (tertiary/aromatic N) is 3. The predicted molar refractivity (Wildman–Crippen MR) is 132 cm³/mol. The van der Waals surface area contributed by atoms with Crippen LogP contribution >= 0.6 is 34.9 Å². The third kappa shape index (κ3) is 7.02. The van der Waals surface area contributed by atoms with E-state index in [1.54, 1.807) is 18.4 Å². The van der Waals surface area contributed by atoms with Crippen LogP contribution in [-0.2, 0) is 10.5 Å². The lowest BCUT2D eigenvalue weighted by molar-refractivity contribution is -0.112. The number of nitriles is 1. The highest BCUT2D eigenvalue weighted by molar-refractivity contribution is 8.01. The fourth-order valence-electron chi connectivity index (χ4n) is 2.61. The molecule has 0 aliphatic rings. The topological polar surface area (TPSA) is 114 Å². The monoisotopic (exact) mass is 510 g/mol. The molecule has 4 aromatic rings. The SMILES string of the molecule is N#CC(=Cc1ccc(SCc2ccco2)o1)C(=O)Nc1nnc(SCCOc2ccccc2)s1. The van der Waals surface area contributed by atoms with Crippen LogP contribution in [0, 0.1) is 11.3 Å². The molecular weight excluding hydrogens is 492 g/mol. The molecule has 0 atom stereocenters. The molecule has 1 N–H and O–H groups in total. The molecular formula is C23H18N4O4S3. The first-order valence-corrected chi connectivity index (χ1v) is 12.8. The standard InChI is InChI=1S/C23H18N4O4S3/c24-14-16(13-18-8-9-20(31-18)33-15-19-7-4-10-29-19)21(28)25-22-26-27-23(34-22)32-12-11-30-17-5-2-1-3-6-17/h1-10,13H,11-12,15H2,(H,25,26,28). The summed E-state index contributed by atoms with van der Waals surface area (Å²) in [4.78, 5) is 12.5. The summed E-state index contributed by atoms with van der Waals surface area (Å²) < 4.78 is 17.3. The van der Waals surface area contributed by atoms with Gasteiger partial charge in [0.2, 0.25) is 5.13 Å². The number of thioether (sulfide) groups is 2. The Morgan fingerprint density at radius 1 is 1.15 bits per heavy atom. The van der Waals surface area contributed by atoms with Crippen LogP contribution in [0.4, 0.5) is 5.13 Å². The molecule has 8 nitrogen and oxygen atoms in total. The molecule has 0 fully saturated rings. The van der Waals surface area contributed by atoms with Gasteiger partial charge < -0.3 is 13.6 Å². The Kier molecular flexibility index (Phi) is 8.45. The number of hydrogen-bond acceptors (Lipinski definition) is 10. The maximum Gasteiger partial charge on any atom is 0.268 e. The lowest BCUT2D eigenvalue weighted by Gasteiger charge is -2.03. The summed E-state index contributed by atoms with van der Waals surface area (Å²) in [5, 5.41) is 21.0. The first kappa shape index (κ1) is 23.7. The second-order valence-corrected chi connectivity index (χ2v) is 9.83. The fourth-order valence-corrected chi connectivity index (χ4v) is 5.01. The number of aromatic nitrogens is 2. The van der Waals surface area contributed by atoms with Gasteiger partial charge in [-0.05, 0) is 36.4 Å². The zero-order chi connectivity index (χ0) is 23.6. The minimum Gasteiger partial charge on any atom is -0.493 e. The number of carbonyl (C=O) groups excluding carboxylic acids is 1. The van der Waals surface area contributed by atoms with Crippen molar-refractivity contribution in [1.29, 1.82) is 5.26 Å². The second-order valence-electron chi connectivity index (χ2n) is 6.53. The number of nitrogens with one attached hydrogen (secondary N) is 1. The van der Waals surface area contributed by atoms with Crippen molar-refractivity contribution < 1.29 is 18.4 Å². The molecule has 3 heterocycles. The Labute approximate surface area is 208 Å². The zero-order valence-corrected chi connectivity index (χ0v) is 20.1. The maximum absolute atomic E-state index is 12.5. The molecule has 11 heteroatoms. The first-order valence-electron chi connectivity index (χ1n) is 10.0. The molecule has 34 heavy (non-hydrogen) atoms. The van der Waals surface area contributed by atoms with Gasteiger partial charge in [-0.15, -0.1) is 10.2 Å². The molecule has 4 rings (SSSR count). The van der Waals surface area contributed by atoms with Crippen LogP contribution in [0.1, 0.15) is 11.5 Å². The molecule has 0 aliphatic carbocycles. The summed E-state index contributed by atoms with van der Waals surface area (Å²) in [6.07, 6.45) is 3.01. The van der Waals surface area contributed by atoms with Gasteiger partial charge in [-0.3, -0.25) is 10.1 Å². The number of para-hydroxylation sites is 1. The van der Waals surface area contributed by atoms with Gasteiger partial charge in [0, 0.05) is 11.8 Å². The number of ether oxygens (including phenoxy) is 1. The lowest BCUT2D eigenvalue weighted by Crippen LogP contribution is -2.13. The van der Waals surface area contributed by atoms with Crippen LogP contribution in [-0.4, -0.2) is 28.5 Å². The van der Waals surface area contributed by atoms with Gasteiger partial charge >= 0.3 is 0 Å². The van der Waals surface area contributed by atoms with Gasteiger partial charge in [0.25, 0.3) is 5.91 Å². The van der Waals surface area contributed by atoms with Crippen LogP contribution in [0.2, 0.25) is 0 Å². The van der Waals surface area contributed by atoms with E-state index in [0.29, 0.717) is 38.4 Å². The molecule has 0 saturated heterocycles. The van der Waals surface area contributed by atoms with Gasteiger partial charge in [-0.1, -0.05) is 53.1 Å². The van der Waals surface area contributed by atoms with Crippen molar-refractivity contribution in [2.24, 2.45) is 0 Å². The number of benzene rings is 1. The van der Waals surface area contributed by atoms with Crippen LogP contribution < -0.4 is 10.1 Å². The summed E-state index contributed by atoms with van der Waals surface area (Å²) in [5.74, 6) is 2.76. The molecule has 172 valence electrons. The highest BCUT2D eigenvalue weighted by atomic mass is 32.2. The highest BCUT2D eigenvalue weighted by Crippen LogP contribution is 2.27. The summed E-state index contributed by atoms with van der Waals surface area (Å²) in [5.41, 5.74) is -0.0994. The van der Waals surface area contributed by atoms with E-state index >= 15 is 0 Å². The van der Waals surface area contributed by atoms with E-state index in [-0.39, 0.29) is 5.57 Å². The normalized spacial score (nSPS) is 11.2. The molecule has 0 spiro atoms. The van der Waals surface area contributed by atoms with Crippen molar-refractivity contribution >= 4 is 52.0 Å². The highest BCUT2D eigenvalue weighted by Gasteiger charge is 2.14. The molecule has 0 unspecified atom stereocenters. The summed E-state index contributed by atoms with van der Waals surface area (Å²) in [6, 6.07) is 18.6. The van der Waals surface area contributed by atoms with E-state index in [4.69, 9.17) is 13.6 Å². The Hall–Kier alpha value is -3.46. The smallest absolute Gasteiger partial charge is 0.268 e. The van der Waals surface area contributed by atoms with Crippen LogP contribution in [0.5, 0.6) is 5.75 Å². The van der Waals surface area contributed by atoms with Gasteiger partial charge in [0.05, 0.1) is 18.6 Å². The van der Waals surface area contributed by atoms with Gasteiger partial charge in [0.15, 0.2) is 9.43 Å². The quantitative estimate of drug-likeness (QED) is 0.0887. The average Bonchev–Trinajstić information content (AvgIpc) is 3.62. The van der Waals surface area contributed by atoms with E-state index in [9.17, 15) is 10.1 Å². The second kappa shape index (κ2) is 12.1. The Balaban J connectivity index is 1.26. The zero-order valence-electron chi connectivity index (χ0n) is 17.7. The van der Waals surface area contributed by atoms with Crippen LogP contribution in [0.15, 0.2) is 84.7 Å². The number of anilines is 1. The van der Waals surface area contributed by atoms with Gasteiger partial charge in [-0.25, -0.2) is 0 Å². The molecule has 1 aromatic carbocycles. The van der Waals surface area contributed by atoms with Crippen molar-refractivity contribution in [2.75, 3.05) is 17.7 Å². The number of carbonyl (C=O) groups is 1. The molecule has 0 saturated carbocycles. The summed E-state index contributed by atoms with van der Waals surface area (Å²) >= 11 is 4.16. The minimum atomic E-state index is -0.580. The summed E-state index contributed by atoms with van der Waals surface area (Å²) in [7, 11) is 0. The van der Waals surface area contributed by atoms with Crippen molar-refractivity contribution in [1.82, 2.24) is 10.2 Å². The largest absolute Gasteiger partial charge is 0.493 e. The van der Waals surface area contributed by atoms with Crippen molar-refractivity contribution in [3.05, 3.63) is 78.0 Å². The van der Waals surface area contributed by atoms with E-state index in [2.05, 4.69) is 15.5 Å². The number of hydrogen-bond donors (Lipinski definition) is 1. The van der Waals surface area contributed by atoms with Crippen molar-refractivity contribution in [2.45, 2.75) is 15.2 Å². The Morgan fingerprint density at radius 3 is 2.82 bits per heavy atom. The maximum atomic E-state index is 12.5. The number of rotatable bonds is 11. The molecule has 0 bridgehead atoms. The number of amides is 1. The molecule has 0 aliphatic heterocycles. The molecule has 3 aromatic heterocycles. The Bertz CT molecular complexity index is 1280. The van der Waals surface area contributed by atoms with E-state index in [1.807, 2.05) is 48.5 Å². The summed E-state index contributed by atoms with van der Waals surface area (Å²) in [6.45, 7) is 0.516. The van der Waals surface area contributed by atoms with Crippen LogP contribution in [0.3, 0.4) is 0 Å². The molecule has 0 radical (unpaired) electrons. The predicted octanol–water partition coefficient (Wildman–Crippen LogP) is 5.73. The Morgan fingerprint density at radius 2 is 2.03 bits per heavy atom. The van der Waals surface area contributed by atoms with E-state index in [0.717, 1.165) is 11.5 Å². The van der Waals surface area contributed by atoms with Crippen molar-refractivity contribution in [3.63, 3.8) is 0 Å². The van der Waals surface area contributed by atoms with E-state index in [1.165, 1.54) is 40.9 Å². The lowest BCUT2D eigenvalue weighted by atomic mass is 10.2. The minimum absolute atomic E-state index is 0.0994. The van der Waals surface area contributed by atoms with Gasteiger partial charge in [-0.2, -0.15) is 5.26 Å². The number of furan rings is 2. The molecule has 1 amide bonds. The van der Waals surface area contributed by atoms with Gasteiger partial charge in [0.1, 0.15) is 28.9 Å².